The molecule has 2 heterocycles. The molecule has 4 heteroatoms. The lowest BCUT2D eigenvalue weighted by Gasteiger charge is -2.31. The van der Waals surface area contributed by atoms with Crippen molar-refractivity contribution in [2.75, 3.05) is 7.05 Å². The van der Waals surface area contributed by atoms with E-state index in [1.54, 1.807) is 6.26 Å². The fourth-order valence-electron chi connectivity index (χ4n) is 2.49. The van der Waals surface area contributed by atoms with Crippen molar-refractivity contribution < 1.29 is 4.42 Å². The van der Waals surface area contributed by atoms with E-state index < -0.39 is 0 Å². The third-order valence-corrected chi connectivity index (χ3v) is 3.73. The van der Waals surface area contributed by atoms with Crippen molar-refractivity contribution in [1.29, 1.82) is 0 Å². The van der Waals surface area contributed by atoms with Gasteiger partial charge in [-0.25, -0.2) is 0 Å². The van der Waals surface area contributed by atoms with E-state index in [2.05, 4.69) is 23.9 Å². The molecular formula is C16H23N3O. The van der Waals surface area contributed by atoms with Crippen LogP contribution in [0.5, 0.6) is 0 Å². The number of furan rings is 1. The first kappa shape index (κ1) is 14.8. The van der Waals surface area contributed by atoms with Crippen LogP contribution in [-0.4, -0.2) is 23.0 Å². The second-order valence-electron chi connectivity index (χ2n) is 5.19. The van der Waals surface area contributed by atoms with Gasteiger partial charge in [-0.2, -0.15) is 0 Å². The molecule has 4 nitrogen and oxygen atoms in total. The molecule has 20 heavy (non-hydrogen) atoms. The highest BCUT2D eigenvalue weighted by atomic mass is 16.3. The van der Waals surface area contributed by atoms with Crippen molar-refractivity contribution in [2.24, 2.45) is 5.73 Å². The van der Waals surface area contributed by atoms with Crippen molar-refractivity contribution in [2.45, 2.75) is 38.9 Å². The van der Waals surface area contributed by atoms with E-state index in [1.807, 2.05) is 37.4 Å². The predicted octanol–water partition coefficient (Wildman–Crippen LogP) is 2.89. The minimum absolute atomic E-state index is 0.0575. The predicted molar refractivity (Wildman–Crippen MR) is 80.2 cm³/mol. The number of aromatic nitrogens is 1. The summed E-state index contributed by atoms with van der Waals surface area (Å²) in [6, 6.07) is 8.16. The number of hydrogen-bond donors (Lipinski definition) is 1. The summed E-state index contributed by atoms with van der Waals surface area (Å²) in [5, 5.41) is 0. The molecule has 0 aliphatic heterocycles. The molecule has 0 fully saturated rings. The van der Waals surface area contributed by atoms with Gasteiger partial charge in [0, 0.05) is 24.3 Å². The Hall–Kier alpha value is -1.65. The van der Waals surface area contributed by atoms with Gasteiger partial charge < -0.3 is 10.2 Å². The van der Waals surface area contributed by atoms with Crippen LogP contribution in [0.15, 0.2) is 41.1 Å². The summed E-state index contributed by atoms with van der Waals surface area (Å²) in [5.41, 5.74) is 8.52. The molecular weight excluding hydrogens is 250 g/mol. The second kappa shape index (κ2) is 6.68. The molecule has 0 saturated carbocycles. The Balaban J connectivity index is 2.21. The molecule has 2 N–H and O–H groups in total. The van der Waals surface area contributed by atoms with Gasteiger partial charge in [0.25, 0.3) is 0 Å². The first-order valence-electron chi connectivity index (χ1n) is 7.03. The molecule has 0 aliphatic rings. The monoisotopic (exact) mass is 273 g/mol. The van der Waals surface area contributed by atoms with Gasteiger partial charge in [-0.15, -0.1) is 0 Å². The van der Waals surface area contributed by atoms with Crippen LogP contribution in [0.25, 0.3) is 0 Å². The Bertz CT molecular complexity index is 524. The minimum Gasteiger partial charge on any atom is -0.469 e. The molecule has 0 aromatic carbocycles. The average molecular weight is 273 g/mol. The molecule has 0 amide bonds. The maximum absolute atomic E-state index is 6.31. The van der Waals surface area contributed by atoms with E-state index in [0.717, 1.165) is 24.4 Å². The lowest BCUT2D eigenvalue weighted by molar-refractivity contribution is 0.196. The zero-order valence-corrected chi connectivity index (χ0v) is 12.4. The number of pyridine rings is 1. The maximum Gasteiger partial charge on any atom is 0.105 e. The third-order valence-electron chi connectivity index (χ3n) is 3.73. The van der Waals surface area contributed by atoms with Gasteiger partial charge in [-0.05, 0) is 38.6 Å². The summed E-state index contributed by atoms with van der Waals surface area (Å²) < 4.78 is 5.36. The van der Waals surface area contributed by atoms with Gasteiger partial charge >= 0.3 is 0 Å². The van der Waals surface area contributed by atoms with Crippen LogP contribution in [0, 0.1) is 6.92 Å². The largest absolute Gasteiger partial charge is 0.469 e. The molecule has 2 unspecified atom stereocenters. The number of nitrogens with two attached hydrogens (primary N) is 1. The molecule has 0 bridgehead atoms. The fraction of sp³-hybridized carbons (Fsp3) is 0.438. The number of aryl methyl sites for hydroxylation is 1. The Morgan fingerprint density at radius 2 is 2.15 bits per heavy atom. The van der Waals surface area contributed by atoms with Crippen molar-refractivity contribution in [3.63, 3.8) is 0 Å². The highest BCUT2D eigenvalue weighted by Crippen LogP contribution is 2.24. The molecule has 2 aromatic heterocycles. The number of likely N-dealkylation sites (N-methyl/N-ethyl adjacent to an activating group) is 1. The summed E-state index contributed by atoms with van der Waals surface area (Å²) in [5.74, 6) is 0.960. The molecule has 108 valence electrons. The van der Waals surface area contributed by atoms with Crippen LogP contribution >= 0.6 is 0 Å². The fourth-order valence-corrected chi connectivity index (χ4v) is 2.49. The number of nitrogens with zero attached hydrogens (tertiary/aromatic N) is 2. The summed E-state index contributed by atoms with van der Waals surface area (Å²) in [6.07, 6.45) is 4.46. The Morgan fingerprint density at radius 3 is 2.70 bits per heavy atom. The van der Waals surface area contributed by atoms with Crippen molar-refractivity contribution >= 4 is 0 Å². The normalized spacial score (nSPS) is 14.4. The first-order chi connectivity index (χ1) is 9.63. The SMILES string of the molecule is CCC(N)C(c1ccccn1)N(C)Cc1ccoc1C. The molecule has 0 radical (unpaired) electrons. The van der Waals surface area contributed by atoms with Crippen LogP contribution in [0.1, 0.15) is 36.4 Å². The van der Waals surface area contributed by atoms with Gasteiger partial charge in [0.15, 0.2) is 0 Å². The number of rotatable bonds is 6. The van der Waals surface area contributed by atoms with Crippen molar-refractivity contribution in [1.82, 2.24) is 9.88 Å². The summed E-state index contributed by atoms with van der Waals surface area (Å²) >= 11 is 0. The molecule has 0 spiro atoms. The van der Waals surface area contributed by atoms with Gasteiger partial charge in [0.05, 0.1) is 18.0 Å². The average Bonchev–Trinajstić information content (AvgIpc) is 2.85. The molecule has 2 rings (SSSR count). The van der Waals surface area contributed by atoms with Gasteiger partial charge in [0.2, 0.25) is 0 Å². The lowest BCUT2D eigenvalue weighted by atomic mass is 10.0. The molecule has 0 saturated heterocycles. The Labute approximate surface area is 120 Å². The van der Waals surface area contributed by atoms with E-state index in [9.17, 15) is 0 Å². The maximum atomic E-state index is 6.31. The van der Waals surface area contributed by atoms with Gasteiger partial charge in [0.1, 0.15) is 5.76 Å². The van der Waals surface area contributed by atoms with Gasteiger partial charge in [-0.3, -0.25) is 9.88 Å². The van der Waals surface area contributed by atoms with E-state index in [-0.39, 0.29) is 12.1 Å². The zero-order valence-electron chi connectivity index (χ0n) is 12.4. The van der Waals surface area contributed by atoms with Gasteiger partial charge in [-0.1, -0.05) is 13.0 Å². The molecule has 2 aromatic rings. The van der Waals surface area contributed by atoms with Crippen LogP contribution in [-0.2, 0) is 6.54 Å². The standard InChI is InChI=1S/C16H23N3O/c1-4-14(17)16(15-7-5-6-9-18-15)19(3)11-13-8-10-20-12(13)2/h5-10,14,16H,4,11,17H2,1-3H3. The third kappa shape index (κ3) is 3.26. The van der Waals surface area contributed by atoms with Crippen molar-refractivity contribution in [3.05, 3.63) is 53.7 Å². The van der Waals surface area contributed by atoms with Crippen LogP contribution < -0.4 is 5.73 Å². The summed E-state index contributed by atoms with van der Waals surface area (Å²) in [7, 11) is 2.08. The van der Waals surface area contributed by atoms with E-state index in [1.165, 1.54) is 5.56 Å². The highest BCUT2D eigenvalue weighted by molar-refractivity contribution is 5.17. The molecule has 0 aliphatic carbocycles. The zero-order chi connectivity index (χ0) is 14.5. The lowest BCUT2D eigenvalue weighted by Crippen LogP contribution is -2.39. The Kier molecular flexibility index (Phi) is 4.93. The minimum atomic E-state index is 0.0575. The summed E-state index contributed by atoms with van der Waals surface area (Å²) in [4.78, 5) is 6.72. The van der Waals surface area contributed by atoms with E-state index in [0.29, 0.717) is 0 Å². The quantitative estimate of drug-likeness (QED) is 0.879. The van der Waals surface area contributed by atoms with Crippen LogP contribution in [0.2, 0.25) is 0 Å². The van der Waals surface area contributed by atoms with Crippen molar-refractivity contribution in [3.8, 4) is 0 Å². The number of hydrogen-bond acceptors (Lipinski definition) is 4. The second-order valence-corrected chi connectivity index (χ2v) is 5.19. The van der Waals surface area contributed by atoms with E-state index >= 15 is 0 Å². The van der Waals surface area contributed by atoms with Crippen LogP contribution in [0.4, 0.5) is 0 Å². The summed E-state index contributed by atoms with van der Waals surface area (Å²) in [6.45, 7) is 4.90. The van der Waals surface area contributed by atoms with E-state index in [4.69, 9.17) is 10.2 Å². The first-order valence-corrected chi connectivity index (χ1v) is 7.03. The smallest absolute Gasteiger partial charge is 0.105 e. The Morgan fingerprint density at radius 1 is 1.35 bits per heavy atom. The highest BCUT2D eigenvalue weighted by Gasteiger charge is 2.24. The topological polar surface area (TPSA) is 55.3 Å². The van der Waals surface area contributed by atoms with Crippen LogP contribution in [0.3, 0.4) is 0 Å². The molecule has 2 atom stereocenters.